The summed E-state index contributed by atoms with van der Waals surface area (Å²) in [7, 11) is 8.11. The number of rotatable bonds is 6. The molecule has 0 spiro atoms. The Kier molecular flexibility index (Phi) is 7.30. The summed E-state index contributed by atoms with van der Waals surface area (Å²) >= 11 is 0. The molecule has 4 rings (SSSR count). The van der Waals surface area contributed by atoms with Gasteiger partial charge in [0.2, 0.25) is 0 Å². The number of hydroxylamine groups is 2. The van der Waals surface area contributed by atoms with Crippen LogP contribution in [0.1, 0.15) is 42.1 Å². The molecule has 1 N–H and O–H groups in total. The molecular weight excluding hydrogens is 393 g/mol. The number of aryl methyl sites for hydroxylation is 1. The molecule has 3 saturated heterocycles. The molecule has 1 aromatic rings. The van der Waals surface area contributed by atoms with Gasteiger partial charge in [0.1, 0.15) is 18.2 Å². The van der Waals surface area contributed by atoms with E-state index in [0.717, 1.165) is 61.6 Å². The molecule has 3 aliphatic heterocycles. The first-order chi connectivity index (χ1) is 14.8. The second-order valence-corrected chi connectivity index (χ2v) is 10.1. The van der Waals surface area contributed by atoms with Gasteiger partial charge >= 0.3 is 0 Å². The molecule has 7 heteroatoms. The monoisotopic (exact) mass is 433 g/mol. The fraction of sp³-hybridized carbons (Fsp3) is 0.750. The molecule has 0 aliphatic carbocycles. The van der Waals surface area contributed by atoms with Crippen molar-refractivity contribution in [2.45, 2.75) is 45.1 Å². The van der Waals surface area contributed by atoms with Crippen molar-refractivity contribution < 1.29 is 9.23 Å². The van der Waals surface area contributed by atoms with Gasteiger partial charge < -0.3 is 15.1 Å². The van der Waals surface area contributed by atoms with Crippen molar-refractivity contribution in [2.24, 2.45) is 11.8 Å². The van der Waals surface area contributed by atoms with Gasteiger partial charge in [-0.2, -0.15) is 5.06 Å². The summed E-state index contributed by atoms with van der Waals surface area (Å²) in [6.45, 7) is 8.60. The maximum Gasteiger partial charge on any atom is 0.136 e. The minimum atomic E-state index is -0.206. The Morgan fingerprint density at radius 1 is 1.16 bits per heavy atom. The Morgan fingerprint density at radius 3 is 2.55 bits per heavy atom. The first-order valence-corrected chi connectivity index (χ1v) is 11.8. The lowest BCUT2D eigenvalue weighted by Crippen LogP contribution is -2.44. The third-order valence-corrected chi connectivity index (χ3v) is 7.39. The van der Waals surface area contributed by atoms with Gasteiger partial charge in [0.05, 0.1) is 0 Å². The summed E-state index contributed by atoms with van der Waals surface area (Å²) in [6.07, 6.45) is 3.37. The summed E-state index contributed by atoms with van der Waals surface area (Å²) in [5.74, 6) is 1.13. The van der Waals surface area contributed by atoms with Crippen molar-refractivity contribution in [3.63, 3.8) is 0 Å². The predicted octanol–water partition coefficient (Wildman–Crippen LogP) is 2.65. The topological polar surface area (TPSA) is 34.2 Å². The average molecular weight is 434 g/mol. The second-order valence-electron chi connectivity index (χ2n) is 10.1. The van der Waals surface area contributed by atoms with E-state index >= 15 is 4.39 Å². The lowest BCUT2D eigenvalue weighted by Gasteiger charge is -2.37. The number of benzene rings is 1. The van der Waals surface area contributed by atoms with E-state index in [0.29, 0.717) is 5.92 Å². The molecule has 174 valence electrons. The third-order valence-electron chi connectivity index (χ3n) is 7.39. The first-order valence-electron chi connectivity index (χ1n) is 11.8. The Hall–Kier alpha value is -1.09. The van der Waals surface area contributed by atoms with Crippen molar-refractivity contribution >= 4 is 0 Å². The lowest BCUT2D eigenvalue weighted by molar-refractivity contribution is -0.167. The summed E-state index contributed by atoms with van der Waals surface area (Å²) < 4.78 is 15.2. The zero-order chi connectivity index (χ0) is 22.1. The minimum Gasteiger partial charge on any atom is -0.316 e. The Bertz CT molecular complexity index is 746. The maximum absolute atomic E-state index is 15.2. The smallest absolute Gasteiger partial charge is 0.136 e. The average Bonchev–Trinajstić information content (AvgIpc) is 3.34. The van der Waals surface area contributed by atoms with Gasteiger partial charge in [-0.1, -0.05) is 6.07 Å². The molecule has 3 atom stereocenters. The molecule has 31 heavy (non-hydrogen) atoms. The molecule has 6 nitrogen and oxygen atoms in total. The highest BCUT2D eigenvalue weighted by atomic mass is 19.1. The Labute approximate surface area is 187 Å². The largest absolute Gasteiger partial charge is 0.316 e. The molecule has 0 amide bonds. The van der Waals surface area contributed by atoms with Gasteiger partial charge in [0.25, 0.3) is 0 Å². The van der Waals surface area contributed by atoms with Crippen molar-refractivity contribution in [1.82, 2.24) is 25.1 Å². The van der Waals surface area contributed by atoms with Gasteiger partial charge in [-0.3, -0.25) is 9.74 Å². The van der Waals surface area contributed by atoms with E-state index < -0.39 is 0 Å². The molecule has 3 heterocycles. The minimum absolute atomic E-state index is 0.00239. The van der Waals surface area contributed by atoms with Crippen LogP contribution in [0.3, 0.4) is 0 Å². The highest BCUT2D eigenvalue weighted by Crippen LogP contribution is 2.40. The van der Waals surface area contributed by atoms with E-state index in [9.17, 15) is 0 Å². The van der Waals surface area contributed by atoms with E-state index in [4.69, 9.17) is 4.84 Å². The third kappa shape index (κ3) is 4.97. The van der Waals surface area contributed by atoms with Gasteiger partial charge in [0, 0.05) is 31.6 Å². The Balaban J connectivity index is 1.46. The maximum atomic E-state index is 15.2. The van der Waals surface area contributed by atoms with E-state index in [2.05, 4.69) is 34.0 Å². The van der Waals surface area contributed by atoms with Gasteiger partial charge in [-0.05, 0) is 96.6 Å². The molecule has 0 bridgehead atoms. The fourth-order valence-electron chi connectivity index (χ4n) is 5.71. The van der Waals surface area contributed by atoms with Crippen molar-refractivity contribution in [3.8, 4) is 0 Å². The molecule has 1 aromatic carbocycles. The summed E-state index contributed by atoms with van der Waals surface area (Å²) in [6, 6.07) is 3.50. The molecule has 0 saturated carbocycles. The van der Waals surface area contributed by atoms with Crippen molar-refractivity contribution in [1.29, 1.82) is 0 Å². The highest BCUT2D eigenvalue weighted by molar-refractivity contribution is 5.38. The number of hydrogen-bond acceptors (Lipinski definition) is 6. The lowest BCUT2D eigenvalue weighted by atomic mass is 9.92. The van der Waals surface area contributed by atoms with Gasteiger partial charge in [-0.15, -0.1) is 0 Å². The molecule has 0 radical (unpaired) electrons. The number of nitrogens with zero attached hydrogens (tertiary/aromatic N) is 4. The molecule has 3 fully saturated rings. The van der Waals surface area contributed by atoms with Crippen LogP contribution >= 0.6 is 0 Å². The molecule has 0 aromatic heterocycles. The summed E-state index contributed by atoms with van der Waals surface area (Å²) in [4.78, 5) is 13.3. The van der Waals surface area contributed by atoms with Crippen LogP contribution in [0.2, 0.25) is 0 Å². The van der Waals surface area contributed by atoms with Crippen LogP contribution in [0.15, 0.2) is 12.1 Å². The Morgan fingerprint density at radius 2 is 1.90 bits per heavy atom. The quantitative estimate of drug-likeness (QED) is 0.743. The number of piperidine rings is 1. The van der Waals surface area contributed by atoms with Crippen molar-refractivity contribution in [3.05, 3.63) is 34.6 Å². The zero-order valence-electron chi connectivity index (χ0n) is 19.9. The first kappa shape index (κ1) is 23.1. The summed E-state index contributed by atoms with van der Waals surface area (Å²) in [5.41, 5.74) is 2.95. The number of halogens is 1. The number of hydrogen-bond donors (Lipinski definition) is 1. The van der Waals surface area contributed by atoms with Gasteiger partial charge in [0.15, 0.2) is 0 Å². The van der Waals surface area contributed by atoms with Crippen LogP contribution in [0.25, 0.3) is 0 Å². The van der Waals surface area contributed by atoms with Crippen LogP contribution < -0.4 is 5.32 Å². The van der Waals surface area contributed by atoms with Crippen LogP contribution in [-0.4, -0.2) is 86.9 Å². The number of likely N-dealkylation sites (tertiary alicyclic amines) is 1. The molecule has 3 unspecified atom stereocenters. The normalized spacial score (nSPS) is 29.5. The molecular formula is C24H40FN5O. The summed E-state index contributed by atoms with van der Waals surface area (Å²) in [5, 5.41) is 5.35. The van der Waals surface area contributed by atoms with Crippen molar-refractivity contribution in [2.75, 3.05) is 60.9 Å². The standard InChI is InChI=1S/C24H40FN5O/c1-17-6-7-21(25)22(20(17)16-27(2)3)23-28(4)24(31-29(23)5)19-9-12-30(13-10-19)15-18-8-11-26-14-18/h6-7,18-19,23-24,26H,8-16H2,1-5H3. The van der Waals surface area contributed by atoms with Crippen LogP contribution in [0.4, 0.5) is 4.39 Å². The van der Waals surface area contributed by atoms with E-state index in [1.54, 1.807) is 6.07 Å². The van der Waals surface area contributed by atoms with E-state index in [1.807, 2.05) is 32.3 Å². The predicted molar refractivity (Wildman–Crippen MR) is 122 cm³/mol. The second kappa shape index (κ2) is 9.81. The van der Waals surface area contributed by atoms with Crippen LogP contribution in [0, 0.1) is 24.6 Å². The SMILES string of the molecule is Cc1ccc(F)c(C2N(C)OC(C3CCN(CC4CCNC4)CC3)N2C)c1CN(C)C. The van der Waals surface area contributed by atoms with Crippen LogP contribution in [-0.2, 0) is 11.4 Å². The molecule has 3 aliphatic rings. The fourth-order valence-corrected chi connectivity index (χ4v) is 5.71. The highest BCUT2D eigenvalue weighted by Gasteiger charge is 2.44. The van der Waals surface area contributed by atoms with E-state index in [-0.39, 0.29) is 18.2 Å². The van der Waals surface area contributed by atoms with Gasteiger partial charge in [-0.25, -0.2) is 4.39 Å². The zero-order valence-corrected chi connectivity index (χ0v) is 19.9. The van der Waals surface area contributed by atoms with Crippen LogP contribution in [0.5, 0.6) is 0 Å². The van der Waals surface area contributed by atoms with E-state index in [1.165, 1.54) is 19.5 Å². The number of nitrogens with one attached hydrogen (secondary N) is 1.